The van der Waals surface area contributed by atoms with Gasteiger partial charge in [0.05, 0.1) is 16.9 Å². The number of fused-ring (bicyclic) bond motifs is 1. The van der Waals surface area contributed by atoms with Crippen LogP contribution in [0.2, 0.25) is 5.15 Å². The number of carbonyl (C=O) groups is 1. The van der Waals surface area contributed by atoms with Gasteiger partial charge in [-0.25, -0.2) is 4.98 Å². The van der Waals surface area contributed by atoms with Gasteiger partial charge in [-0.3, -0.25) is 9.48 Å². The molecule has 0 spiro atoms. The molecule has 5 nitrogen and oxygen atoms in total. The van der Waals surface area contributed by atoms with Gasteiger partial charge in [0.1, 0.15) is 5.15 Å². The Morgan fingerprint density at radius 1 is 1.29 bits per heavy atom. The number of rotatable bonds is 2. The number of halogens is 1. The predicted octanol–water partition coefficient (Wildman–Crippen LogP) is 3.18. The lowest BCUT2D eigenvalue weighted by Crippen LogP contribution is -2.13. The first-order valence-corrected chi connectivity index (χ1v) is 6.79. The quantitative estimate of drug-likeness (QED) is 0.739. The first-order chi connectivity index (χ1) is 10.1. The first-order valence-electron chi connectivity index (χ1n) is 6.41. The molecule has 0 fully saturated rings. The van der Waals surface area contributed by atoms with Gasteiger partial charge in [0.25, 0.3) is 5.91 Å². The molecule has 0 bridgehead atoms. The zero-order valence-corrected chi connectivity index (χ0v) is 12.3. The summed E-state index contributed by atoms with van der Waals surface area (Å²) < 4.78 is 1.66. The molecule has 1 aromatic carbocycles. The van der Waals surface area contributed by atoms with Gasteiger partial charge in [-0.1, -0.05) is 35.9 Å². The van der Waals surface area contributed by atoms with E-state index in [0.29, 0.717) is 16.4 Å². The largest absolute Gasteiger partial charge is 0.319 e. The minimum Gasteiger partial charge on any atom is -0.319 e. The van der Waals surface area contributed by atoms with Crippen LogP contribution in [0.4, 0.5) is 5.69 Å². The van der Waals surface area contributed by atoms with Crippen LogP contribution in [0.3, 0.4) is 0 Å². The van der Waals surface area contributed by atoms with Crippen LogP contribution in [0, 0.1) is 6.92 Å². The Labute approximate surface area is 126 Å². The molecule has 0 saturated heterocycles. The summed E-state index contributed by atoms with van der Waals surface area (Å²) in [7, 11) is 1.81. The molecule has 3 rings (SSSR count). The lowest BCUT2D eigenvalue weighted by molar-refractivity contribution is 0.102. The van der Waals surface area contributed by atoms with Gasteiger partial charge in [0.15, 0.2) is 0 Å². The Bertz CT molecular complexity index is 841. The molecule has 1 N–H and O–H groups in total. The zero-order chi connectivity index (χ0) is 15.0. The van der Waals surface area contributed by atoms with Gasteiger partial charge in [-0.2, -0.15) is 5.10 Å². The monoisotopic (exact) mass is 300 g/mol. The maximum absolute atomic E-state index is 12.5. The molecular formula is C15H13ClN4O. The molecule has 3 aromatic rings. The van der Waals surface area contributed by atoms with Crippen molar-refractivity contribution >= 4 is 34.0 Å². The molecule has 0 aliphatic rings. The van der Waals surface area contributed by atoms with Crippen molar-refractivity contribution in [3.05, 3.63) is 53.1 Å². The van der Waals surface area contributed by atoms with Crippen LogP contribution in [-0.4, -0.2) is 20.7 Å². The smallest absolute Gasteiger partial charge is 0.257 e. The van der Waals surface area contributed by atoms with Crippen molar-refractivity contribution in [1.82, 2.24) is 14.8 Å². The number of benzene rings is 1. The van der Waals surface area contributed by atoms with Gasteiger partial charge in [0, 0.05) is 24.8 Å². The summed E-state index contributed by atoms with van der Waals surface area (Å²) in [5.41, 5.74) is 1.93. The van der Waals surface area contributed by atoms with E-state index < -0.39 is 0 Å². The van der Waals surface area contributed by atoms with E-state index in [-0.39, 0.29) is 5.91 Å². The summed E-state index contributed by atoms with van der Waals surface area (Å²) in [5.74, 6) is -0.230. The van der Waals surface area contributed by atoms with Crippen LogP contribution in [0.5, 0.6) is 0 Å². The van der Waals surface area contributed by atoms with E-state index >= 15 is 0 Å². The molecule has 0 saturated carbocycles. The molecule has 21 heavy (non-hydrogen) atoms. The predicted molar refractivity (Wildman–Crippen MR) is 82.7 cm³/mol. The van der Waals surface area contributed by atoms with Crippen LogP contribution < -0.4 is 5.32 Å². The van der Waals surface area contributed by atoms with Crippen LogP contribution in [0.15, 0.2) is 36.7 Å². The third-order valence-corrected chi connectivity index (χ3v) is 3.55. The van der Waals surface area contributed by atoms with Crippen molar-refractivity contribution in [2.75, 3.05) is 5.32 Å². The standard InChI is InChI=1S/C15H13ClN4O/c1-9-13(8-20(2)19-9)18-15(21)12-7-17-14(16)11-6-4-3-5-10(11)12/h3-8H,1-2H3,(H,18,21). The van der Waals surface area contributed by atoms with Gasteiger partial charge >= 0.3 is 0 Å². The van der Waals surface area contributed by atoms with Gasteiger partial charge in [-0.15, -0.1) is 0 Å². The summed E-state index contributed by atoms with van der Waals surface area (Å²) in [4.78, 5) is 16.6. The highest BCUT2D eigenvalue weighted by Gasteiger charge is 2.14. The topological polar surface area (TPSA) is 59.8 Å². The van der Waals surface area contributed by atoms with Crippen LogP contribution in [0.1, 0.15) is 16.1 Å². The second-order valence-electron chi connectivity index (χ2n) is 4.76. The molecule has 106 valence electrons. The average Bonchev–Trinajstić information content (AvgIpc) is 2.77. The van der Waals surface area contributed by atoms with E-state index in [9.17, 15) is 4.79 Å². The van der Waals surface area contributed by atoms with E-state index in [1.54, 1.807) is 10.9 Å². The van der Waals surface area contributed by atoms with Crippen LogP contribution >= 0.6 is 11.6 Å². The molecule has 0 aliphatic carbocycles. The zero-order valence-electron chi connectivity index (χ0n) is 11.6. The molecule has 0 unspecified atom stereocenters. The Kier molecular flexibility index (Phi) is 3.35. The molecule has 0 atom stereocenters. The number of hydrogen-bond acceptors (Lipinski definition) is 3. The fraction of sp³-hybridized carbons (Fsp3) is 0.133. The molecule has 6 heteroatoms. The number of nitrogens with one attached hydrogen (secondary N) is 1. The molecule has 2 aromatic heterocycles. The van der Waals surface area contributed by atoms with Crippen molar-refractivity contribution in [1.29, 1.82) is 0 Å². The number of pyridine rings is 1. The maximum atomic E-state index is 12.5. The molecule has 0 radical (unpaired) electrons. The average molecular weight is 301 g/mol. The number of anilines is 1. The lowest BCUT2D eigenvalue weighted by atomic mass is 10.1. The Hall–Kier alpha value is -2.40. The van der Waals surface area contributed by atoms with E-state index in [4.69, 9.17) is 11.6 Å². The third kappa shape index (κ3) is 2.48. The van der Waals surface area contributed by atoms with Crippen LogP contribution in [-0.2, 0) is 7.05 Å². The van der Waals surface area contributed by atoms with E-state index in [1.165, 1.54) is 6.20 Å². The molecule has 1 amide bonds. The van der Waals surface area contributed by atoms with Crippen LogP contribution in [0.25, 0.3) is 10.8 Å². The number of aryl methyl sites for hydroxylation is 2. The van der Waals surface area contributed by atoms with Crippen molar-refractivity contribution < 1.29 is 4.79 Å². The number of amides is 1. The Morgan fingerprint density at radius 2 is 2.00 bits per heavy atom. The first kappa shape index (κ1) is 13.6. The van der Waals surface area contributed by atoms with Crippen molar-refractivity contribution in [2.45, 2.75) is 6.92 Å². The highest BCUT2D eigenvalue weighted by Crippen LogP contribution is 2.25. The van der Waals surface area contributed by atoms with Crippen molar-refractivity contribution in [2.24, 2.45) is 7.05 Å². The SMILES string of the molecule is Cc1nn(C)cc1NC(=O)c1cnc(Cl)c2ccccc12. The van der Waals surface area contributed by atoms with Crippen molar-refractivity contribution in [3.63, 3.8) is 0 Å². The van der Waals surface area contributed by atoms with Gasteiger partial charge in [-0.05, 0) is 12.3 Å². The number of carbonyl (C=O) groups excluding carboxylic acids is 1. The summed E-state index contributed by atoms with van der Waals surface area (Å²) in [6.07, 6.45) is 3.25. The number of aromatic nitrogens is 3. The maximum Gasteiger partial charge on any atom is 0.257 e. The van der Waals surface area contributed by atoms with Gasteiger partial charge < -0.3 is 5.32 Å². The third-order valence-electron chi connectivity index (χ3n) is 3.25. The highest BCUT2D eigenvalue weighted by atomic mass is 35.5. The summed E-state index contributed by atoms with van der Waals surface area (Å²) >= 11 is 6.07. The molecule has 2 heterocycles. The minimum absolute atomic E-state index is 0.230. The molecular weight excluding hydrogens is 288 g/mol. The second kappa shape index (κ2) is 5.18. The lowest BCUT2D eigenvalue weighted by Gasteiger charge is -2.07. The van der Waals surface area contributed by atoms with E-state index in [2.05, 4.69) is 15.4 Å². The van der Waals surface area contributed by atoms with E-state index in [1.807, 2.05) is 38.2 Å². The van der Waals surface area contributed by atoms with Crippen molar-refractivity contribution in [3.8, 4) is 0 Å². The number of hydrogen-bond donors (Lipinski definition) is 1. The summed E-state index contributed by atoms with van der Waals surface area (Å²) in [6, 6.07) is 7.43. The Morgan fingerprint density at radius 3 is 2.67 bits per heavy atom. The number of nitrogens with zero attached hydrogens (tertiary/aromatic N) is 3. The second-order valence-corrected chi connectivity index (χ2v) is 5.12. The molecule has 0 aliphatic heterocycles. The fourth-order valence-corrected chi connectivity index (χ4v) is 2.46. The normalized spacial score (nSPS) is 10.8. The summed E-state index contributed by atoms with van der Waals surface area (Å²) in [6.45, 7) is 1.84. The van der Waals surface area contributed by atoms with E-state index in [0.717, 1.165) is 16.5 Å². The highest BCUT2D eigenvalue weighted by molar-refractivity contribution is 6.35. The fourth-order valence-electron chi connectivity index (χ4n) is 2.25. The minimum atomic E-state index is -0.230. The van der Waals surface area contributed by atoms with Gasteiger partial charge in [0.2, 0.25) is 0 Å². The summed E-state index contributed by atoms with van der Waals surface area (Å²) in [5, 5.41) is 8.98. The Balaban J connectivity index is 2.02.